The molecule has 0 bridgehead atoms. The molecule has 46 heavy (non-hydrogen) atoms. The molecule has 230 valence electrons. The zero-order chi connectivity index (χ0) is 32.6. The van der Waals surface area contributed by atoms with Crippen LogP contribution in [0.5, 0.6) is 0 Å². The molecule has 4 aromatic carbocycles. The second-order valence-electron chi connectivity index (χ2n) is 13.8. The summed E-state index contributed by atoms with van der Waals surface area (Å²) in [6.45, 7) is 13.2. The average molecular weight is 609 g/mol. The first kappa shape index (κ1) is 31.0. The average Bonchev–Trinajstić information content (AvgIpc) is 3.04. The first-order valence-corrected chi connectivity index (χ1v) is 15.6. The van der Waals surface area contributed by atoms with Gasteiger partial charge in [-0.05, 0) is 104 Å². The molecule has 0 radical (unpaired) electrons. The lowest BCUT2D eigenvalue weighted by Gasteiger charge is -2.28. The van der Waals surface area contributed by atoms with Gasteiger partial charge in [-0.25, -0.2) is 8.78 Å². The smallest absolute Gasteiger partial charge is 0.141 e. The van der Waals surface area contributed by atoms with Crippen LogP contribution < -0.4 is 0 Å². The van der Waals surface area contributed by atoms with E-state index in [9.17, 15) is 8.78 Å². The molecule has 2 heterocycles. The number of aromatic nitrogens is 2. The van der Waals surface area contributed by atoms with Crippen LogP contribution in [0.1, 0.15) is 52.7 Å². The lowest BCUT2D eigenvalue weighted by atomic mass is 9.76. The maximum atomic E-state index is 14.2. The molecule has 0 N–H and O–H groups in total. The zero-order valence-corrected chi connectivity index (χ0v) is 27.2. The summed E-state index contributed by atoms with van der Waals surface area (Å²) < 4.78 is 28.4. The molecule has 0 spiro atoms. The van der Waals surface area contributed by atoms with Gasteiger partial charge in [0.15, 0.2) is 0 Å². The van der Waals surface area contributed by atoms with Crippen molar-refractivity contribution in [3.05, 3.63) is 144 Å². The molecule has 0 fully saturated rings. The highest BCUT2D eigenvalue weighted by atomic mass is 19.1. The van der Waals surface area contributed by atoms with Gasteiger partial charge in [-0.15, -0.1) is 0 Å². The highest BCUT2D eigenvalue weighted by Gasteiger charge is 2.27. The molecule has 0 unspecified atom stereocenters. The Kier molecular flexibility index (Phi) is 8.16. The lowest BCUT2D eigenvalue weighted by Crippen LogP contribution is -2.14. The molecule has 0 amide bonds. The van der Waals surface area contributed by atoms with Crippen molar-refractivity contribution in [1.82, 2.24) is 9.97 Å². The SMILES string of the molecule is CC(C)(C)c1cc(-c2ccc(F)cn2)c(-c2cc(-c3ccccc3)c(C(C)(C)C)cc2-c2ccc(F)cn2)cc1-c1ccccc1. The number of halogens is 2. The molecule has 0 aliphatic rings. The van der Waals surface area contributed by atoms with Gasteiger partial charge in [-0.2, -0.15) is 0 Å². The molecule has 0 atom stereocenters. The van der Waals surface area contributed by atoms with Crippen molar-refractivity contribution in [2.24, 2.45) is 0 Å². The fourth-order valence-corrected chi connectivity index (χ4v) is 6.09. The van der Waals surface area contributed by atoms with Gasteiger partial charge in [0, 0.05) is 11.1 Å². The van der Waals surface area contributed by atoms with Crippen LogP contribution >= 0.6 is 0 Å². The van der Waals surface area contributed by atoms with E-state index in [1.165, 1.54) is 24.5 Å². The quantitative estimate of drug-likeness (QED) is 0.195. The Morgan fingerprint density at radius 3 is 1.09 bits per heavy atom. The molecule has 0 aliphatic carbocycles. The first-order valence-electron chi connectivity index (χ1n) is 15.6. The second kappa shape index (κ2) is 12.1. The molecule has 4 heteroatoms. The van der Waals surface area contributed by atoms with Crippen LogP contribution in [0, 0.1) is 11.6 Å². The topological polar surface area (TPSA) is 25.8 Å². The zero-order valence-electron chi connectivity index (χ0n) is 27.2. The van der Waals surface area contributed by atoms with E-state index < -0.39 is 0 Å². The summed E-state index contributed by atoms with van der Waals surface area (Å²) in [5.41, 5.74) is 11.3. The highest BCUT2D eigenvalue weighted by molar-refractivity contribution is 5.96. The lowest BCUT2D eigenvalue weighted by molar-refractivity contribution is 0.591. The van der Waals surface area contributed by atoms with Gasteiger partial charge in [-0.1, -0.05) is 102 Å². The maximum absolute atomic E-state index is 14.2. The molecular weight excluding hydrogens is 570 g/mol. The molecular formula is C42H38F2N2. The van der Waals surface area contributed by atoms with Crippen molar-refractivity contribution in [2.45, 2.75) is 52.4 Å². The summed E-state index contributed by atoms with van der Waals surface area (Å²) in [6.07, 6.45) is 2.53. The minimum Gasteiger partial charge on any atom is -0.253 e. The Morgan fingerprint density at radius 2 is 0.783 bits per heavy atom. The van der Waals surface area contributed by atoms with E-state index in [1.807, 2.05) is 12.1 Å². The Balaban J connectivity index is 1.79. The third-order valence-corrected chi connectivity index (χ3v) is 8.40. The standard InChI is InChI=1S/C42H38F2N2/c1-41(2,3)37-23-35(39-19-17-29(43)25-45-39)33(21-31(37)27-13-9-7-10-14-27)34-22-32(28-15-11-8-12-16-28)38(42(4,5)6)24-36(34)40-20-18-30(44)26-46-40/h7-26H,1-6H3. The Hall–Kier alpha value is -4.96. The van der Waals surface area contributed by atoms with Crippen molar-refractivity contribution < 1.29 is 8.78 Å². The molecule has 2 nitrogen and oxygen atoms in total. The van der Waals surface area contributed by atoms with Crippen LogP contribution in [0.3, 0.4) is 0 Å². The van der Waals surface area contributed by atoms with E-state index in [0.29, 0.717) is 11.4 Å². The van der Waals surface area contributed by atoms with Crippen molar-refractivity contribution in [3.63, 3.8) is 0 Å². The summed E-state index contributed by atoms with van der Waals surface area (Å²) in [5, 5.41) is 0. The van der Waals surface area contributed by atoms with Crippen molar-refractivity contribution >= 4 is 0 Å². The minimum absolute atomic E-state index is 0.203. The van der Waals surface area contributed by atoms with E-state index in [1.54, 1.807) is 12.1 Å². The largest absolute Gasteiger partial charge is 0.253 e. The Labute approximate surface area is 270 Å². The van der Waals surface area contributed by atoms with E-state index >= 15 is 0 Å². The highest BCUT2D eigenvalue weighted by Crippen LogP contribution is 2.47. The van der Waals surface area contributed by atoms with Crippen LogP contribution in [0.4, 0.5) is 8.78 Å². The molecule has 0 saturated heterocycles. The van der Waals surface area contributed by atoms with Crippen molar-refractivity contribution in [3.8, 4) is 55.9 Å². The molecule has 2 aromatic heterocycles. The molecule has 0 aliphatic heterocycles. The number of nitrogens with zero attached hydrogens (tertiary/aromatic N) is 2. The van der Waals surface area contributed by atoms with Gasteiger partial charge in [0.2, 0.25) is 0 Å². The first-order chi connectivity index (χ1) is 21.9. The number of hydrogen-bond donors (Lipinski definition) is 0. The number of benzene rings is 4. The number of pyridine rings is 2. The van der Waals surface area contributed by atoms with Crippen LogP contribution in [-0.4, -0.2) is 9.97 Å². The number of hydrogen-bond acceptors (Lipinski definition) is 2. The summed E-state index contributed by atoms with van der Waals surface area (Å²) in [6, 6.07) is 36.0. The van der Waals surface area contributed by atoms with Crippen LogP contribution in [-0.2, 0) is 10.8 Å². The van der Waals surface area contributed by atoms with Crippen molar-refractivity contribution in [1.29, 1.82) is 0 Å². The van der Waals surface area contributed by atoms with Crippen LogP contribution in [0.25, 0.3) is 55.9 Å². The third kappa shape index (κ3) is 6.25. The molecule has 6 rings (SSSR count). The maximum Gasteiger partial charge on any atom is 0.141 e. The summed E-state index contributed by atoms with van der Waals surface area (Å²) in [4.78, 5) is 9.14. The predicted octanol–water partition coefficient (Wildman–Crippen LogP) is 11.7. The predicted molar refractivity (Wildman–Crippen MR) is 187 cm³/mol. The Morgan fingerprint density at radius 1 is 0.413 bits per heavy atom. The van der Waals surface area contributed by atoms with E-state index in [0.717, 1.165) is 55.6 Å². The van der Waals surface area contributed by atoms with Gasteiger partial charge in [-0.3, -0.25) is 9.97 Å². The number of rotatable bonds is 5. The molecule has 6 aromatic rings. The van der Waals surface area contributed by atoms with Gasteiger partial charge < -0.3 is 0 Å². The fraction of sp³-hybridized carbons (Fsp3) is 0.190. The normalized spacial score (nSPS) is 11.9. The van der Waals surface area contributed by atoms with Crippen LogP contribution in [0.2, 0.25) is 0 Å². The van der Waals surface area contributed by atoms with Crippen molar-refractivity contribution in [2.75, 3.05) is 0 Å². The van der Waals surface area contributed by atoms with Crippen LogP contribution in [0.15, 0.2) is 122 Å². The Bertz CT molecular complexity index is 1840. The summed E-state index contributed by atoms with van der Waals surface area (Å²) in [5.74, 6) is -0.779. The van der Waals surface area contributed by atoms with Gasteiger partial charge in [0.25, 0.3) is 0 Å². The fourth-order valence-electron chi connectivity index (χ4n) is 6.09. The van der Waals surface area contributed by atoms with Gasteiger partial charge >= 0.3 is 0 Å². The summed E-state index contributed by atoms with van der Waals surface area (Å²) in [7, 11) is 0. The van der Waals surface area contributed by atoms with Gasteiger partial charge in [0.1, 0.15) is 11.6 Å². The van der Waals surface area contributed by atoms with E-state index in [2.05, 4.69) is 124 Å². The van der Waals surface area contributed by atoms with E-state index in [4.69, 9.17) is 0 Å². The third-order valence-electron chi connectivity index (χ3n) is 8.40. The monoisotopic (exact) mass is 608 g/mol. The van der Waals surface area contributed by atoms with E-state index in [-0.39, 0.29) is 22.5 Å². The van der Waals surface area contributed by atoms with Gasteiger partial charge in [0.05, 0.1) is 23.8 Å². The minimum atomic E-state index is -0.389. The molecule has 0 saturated carbocycles. The summed E-state index contributed by atoms with van der Waals surface area (Å²) >= 11 is 0. The second-order valence-corrected chi connectivity index (χ2v) is 13.8.